The maximum atomic E-state index is 12.3. The van der Waals surface area contributed by atoms with E-state index in [0.29, 0.717) is 31.0 Å². The SMILES string of the molecule is CC(=O)OC[C@H]1O[C@@H](CC(=S)NCc2ccc(C3O[C@H](CN4CC[C@@H](O)C4)[C@@H](c4ccccc4)[C@H](c4ccc(CO)cc4)O3)cc2)[C@H](OC(C)=O)[C@@H](OC(C)=O)[C@@H]1OC(C)=O. The zero-order chi connectivity index (χ0) is 43.6. The summed E-state index contributed by atoms with van der Waals surface area (Å²) in [4.78, 5) is 50.9. The summed E-state index contributed by atoms with van der Waals surface area (Å²) in [5.41, 5.74) is 4.51. The van der Waals surface area contributed by atoms with Crippen LogP contribution >= 0.6 is 12.2 Å². The molecule has 0 aromatic heterocycles. The minimum Gasteiger partial charge on any atom is -0.463 e. The molecule has 10 atom stereocenters. The van der Waals surface area contributed by atoms with Crippen molar-refractivity contribution in [3.8, 4) is 0 Å². The Bertz CT molecular complexity index is 1970. The molecule has 0 bridgehead atoms. The van der Waals surface area contributed by atoms with Crippen molar-refractivity contribution in [1.29, 1.82) is 0 Å². The molecule has 1 unspecified atom stereocenters. The molecule has 3 aromatic rings. The van der Waals surface area contributed by atoms with Crippen molar-refractivity contribution < 1.29 is 62.5 Å². The molecule has 3 saturated heterocycles. The molecule has 0 spiro atoms. The van der Waals surface area contributed by atoms with Crippen LogP contribution in [0.5, 0.6) is 0 Å². The first-order chi connectivity index (χ1) is 29.3. The fourth-order valence-corrected chi connectivity index (χ4v) is 8.36. The van der Waals surface area contributed by atoms with Crippen LogP contribution in [0.3, 0.4) is 0 Å². The molecule has 3 aromatic carbocycles. The molecular formula is C45H54N2O13S. The lowest BCUT2D eigenvalue weighted by Gasteiger charge is -2.44. The lowest BCUT2D eigenvalue weighted by atomic mass is 9.83. The first-order valence-corrected chi connectivity index (χ1v) is 20.8. The zero-order valence-electron chi connectivity index (χ0n) is 34.7. The van der Waals surface area contributed by atoms with Crippen molar-refractivity contribution in [3.05, 3.63) is 107 Å². The third-order valence-corrected chi connectivity index (χ3v) is 11.2. The number of hydrogen-bond acceptors (Lipinski definition) is 15. The number of nitrogens with zero attached hydrogens (tertiary/aromatic N) is 1. The van der Waals surface area contributed by atoms with E-state index in [1.807, 2.05) is 66.7 Å². The fourth-order valence-electron chi connectivity index (χ4n) is 8.13. The van der Waals surface area contributed by atoms with E-state index in [1.54, 1.807) is 0 Å². The summed E-state index contributed by atoms with van der Waals surface area (Å²) in [5, 5.41) is 23.3. The zero-order valence-corrected chi connectivity index (χ0v) is 35.5. The molecule has 3 aliphatic rings. The van der Waals surface area contributed by atoms with Crippen LogP contribution in [-0.4, -0.2) is 113 Å². The van der Waals surface area contributed by atoms with Gasteiger partial charge in [0.1, 0.15) is 18.8 Å². The minimum absolute atomic E-state index is 0.00886. The average molecular weight is 863 g/mol. The number of rotatable bonds is 15. The summed E-state index contributed by atoms with van der Waals surface area (Å²) in [7, 11) is 0. The molecule has 0 aliphatic carbocycles. The number of carbonyl (C=O) groups is 4. The normalized spacial score (nSPS) is 27.7. The summed E-state index contributed by atoms with van der Waals surface area (Å²) in [6, 6.07) is 25.7. The highest BCUT2D eigenvalue weighted by molar-refractivity contribution is 7.80. The van der Waals surface area contributed by atoms with Gasteiger partial charge in [-0.25, -0.2) is 0 Å². The first kappa shape index (κ1) is 45.7. The van der Waals surface area contributed by atoms with Crippen molar-refractivity contribution in [2.24, 2.45) is 0 Å². The summed E-state index contributed by atoms with van der Waals surface area (Å²) in [6.07, 6.45) is -6.87. The van der Waals surface area contributed by atoms with E-state index in [2.05, 4.69) is 22.3 Å². The van der Waals surface area contributed by atoms with Gasteiger partial charge in [0.25, 0.3) is 0 Å². The van der Waals surface area contributed by atoms with Crippen LogP contribution in [0.1, 0.15) is 86.7 Å². The van der Waals surface area contributed by atoms with Gasteiger partial charge >= 0.3 is 23.9 Å². The van der Waals surface area contributed by atoms with Crippen LogP contribution in [0.4, 0.5) is 0 Å². The molecule has 15 nitrogen and oxygen atoms in total. The number of ether oxygens (including phenoxy) is 7. The second-order valence-corrected chi connectivity index (χ2v) is 16.1. The van der Waals surface area contributed by atoms with Crippen LogP contribution < -0.4 is 5.32 Å². The largest absolute Gasteiger partial charge is 0.463 e. The first-order valence-electron chi connectivity index (χ1n) is 20.4. The predicted molar refractivity (Wildman–Crippen MR) is 223 cm³/mol. The number of thiocarbonyl (C=S) groups is 1. The predicted octanol–water partition coefficient (Wildman–Crippen LogP) is 4.12. The summed E-state index contributed by atoms with van der Waals surface area (Å²) >= 11 is 5.72. The van der Waals surface area contributed by atoms with Crippen molar-refractivity contribution in [3.63, 3.8) is 0 Å². The van der Waals surface area contributed by atoms with Gasteiger partial charge in [-0.2, -0.15) is 0 Å². The number of carbonyl (C=O) groups excluding carboxylic acids is 4. The highest BCUT2D eigenvalue weighted by Crippen LogP contribution is 2.47. The van der Waals surface area contributed by atoms with E-state index < -0.39 is 60.7 Å². The number of hydrogen-bond donors (Lipinski definition) is 3. The third-order valence-electron chi connectivity index (χ3n) is 10.9. The molecule has 16 heteroatoms. The number of aliphatic hydroxyl groups is 2. The van der Waals surface area contributed by atoms with Gasteiger partial charge in [0, 0.05) is 71.8 Å². The Hall–Kier alpha value is -4.81. The summed E-state index contributed by atoms with van der Waals surface area (Å²) in [5.74, 6) is -2.89. The van der Waals surface area contributed by atoms with Gasteiger partial charge in [0.15, 0.2) is 24.6 Å². The van der Waals surface area contributed by atoms with E-state index >= 15 is 0 Å². The van der Waals surface area contributed by atoms with Gasteiger partial charge in [-0.3, -0.25) is 24.1 Å². The number of benzene rings is 3. The molecule has 3 aliphatic heterocycles. The topological polar surface area (TPSA) is 189 Å². The molecule has 3 N–H and O–H groups in total. The quantitative estimate of drug-likeness (QED) is 0.112. The number of β-amino-alcohol motifs (C(OH)–C–C–N with tert-alkyl or cyclic N) is 1. The van der Waals surface area contributed by atoms with E-state index in [9.17, 15) is 29.4 Å². The van der Waals surface area contributed by atoms with Crippen LogP contribution in [-0.2, 0) is 65.5 Å². The standard InChI is InChI=1S/C45H54N2O13S/c1-26(49)54-25-38-43(56-28(3)51)44(57-29(4)52)42(55-27(2)50)36(58-38)20-39(61)46-21-30-10-16-34(17-11-30)45-59-37(23-47-19-18-35(53)22-47)40(32-8-6-5-7-9-32)41(60-45)33-14-12-31(24-48)13-15-33/h5-17,35-38,40-45,48,53H,18-25H2,1-4H3,(H,46,61)/t35-,36+,37-,38-,40-,41+,42+,43-,44-,45?/m1/s1. The van der Waals surface area contributed by atoms with Crippen molar-refractivity contribution >= 4 is 41.1 Å². The second-order valence-electron chi connectivity index (χ2n) is 15.6. The van der Waals surface area contributed by atoms with Gasteiger partial charge in [-0.1, -0.05) is 91.1 Å². The average Bonchev–Trinajstić information content (AvgIpc) is 3.65. The van der Waals surface area contributed by atoms with Gasteiger partial charge in [0.05, 0.1) is 29.9 Å². The number of esters is 4. The Morgan fingerprint density at radius 3 is 1.92 bits per heavy atom. The highest BCUT2D eigenvalue weighted by Gasteiger charge is 2.52. The Morgan fingerprint density at radius 1 is 0.721 bits per heavy atom. The van der Waals surface area contributed by atoms with E-state index in [-0.39, 0.29) is 43.9 Å². The Morgan fingerprint density at radius 2 is 1.33 bits per heavy atom. The van der Waals surface area contributed by atoms with E-state index in [1.165, 1.54) is 20.8 Å². The maximum Gasteiger partial charge on any atom is 0.303 e. The molecule has 328 valence electrons. The van der Waals surface area contributed by atoms with E-state index in [4.69, 9.17) is 45.4 Å². The van der Waals surface area contributed by atoms with Crippen LogP contribution in [0, 0.1) is 0 Å². The maximum absolute atomic E-state index is 12.3. The molecular weight excluding hydrogens is 809 g/mol. The van der Waals surface area contributed by atoms with Crippen molar-refractivity contribution in [1.82, 2.24) is 10.2 Å². The molecule has 0 radical (unpaired) electrons. The molecule has 6 rings (SSSR count). The summed E-state index contributed by atoms with van der Waals surface area (Å²) in [6.45, 7) is 6.58. The third kappa shape index (κ3) is 12.4. The molecule has 0 saturated carbocycles. The van der Waals surface area contributed by atoms with Crippen molar-refractivity contribution in [2.75, 3.05) is 26.2 Å². The van der Waals surface area contributed by atoms with Gasteiger partial charge in [0.2, 0.25) is 0 Å². The number of likely N-dealkylation sites (tertiary alicyclic amines) is 1. The van der Waals surface area contributed by atoms with Gasteiger partial charge in [-0.05, 0) is 28.7 Å². The lowest BCUT2D eigenvalue weighted by molar-refractivity contribution is -0.263. The molecule has 3 heterocycles. The molecule has 61 heavy (non-hydrogen) atoms. The van der Waals surface area contributed by atoms with E-state index in [0.717, 1.165) is 41.3 Å². The van der Waals surface area contributed by atoms with Crippen LogP contribution in [0.25, 0.3) is 0 Å². The highest BCUT2D eigenvalue weighted by atomic mass is 32.1. The Kier molecular flexibility index (Phi) is 16.0. The number of nitrogens with one attached hydrogen (secondary N) is 1. The van der Waals surface area contributed by atoms with Crippen molar-refractivity contribution in [2.45, 2.75) is 115 Å². The van der Waals surface area contributed by atoms with Crippen LogP contribution in [0.2, 0.25) is 0 Å². The number of aliphatic hydroxyl groups excluding tert-OH is 2. The molecule has 0 amide bonds. The van der Waals surface area contributed by atoms with Gasteiger partial charge < -0.3 is 48.7 Å². The fraction of sp³-hybridized carbons (Fsp3) is 0.489. The van der Waals surface area contributed by atoms with Gasteiger partial charge in [-0.15, -0.1) is 0 Å². The molecule has 3 fully saturated rings. The minimum atomic E-state index is -1.28. The smallest absolute Gasteiger partial charge is 0.303 e. The second kappa shape index (κ2) is 21.3. The Labute approximate surface area is 360 Å². The summed E-state index contributed by atoms with van der Waals surface area (Å²) < 4.78 is 41.7. The Balaban J connectivity index is 1.18. The van der Waals surface area contributed by atoms with Crippen LogP contribution in [0.15, 0.2) is 78.9 Å². The monoisotopic (exact) mass is 862 g/mol. The lowest BCUT2D eigenvalue weighted by Crippen LogP contribution is -2.62.